The molecule has 0 radical (unpaired) electrons. The molecule has 0 unspecified atom stereocenters. The smallest absolute Gasteiger partial charge is 0.180 e. The Morgan fingerprint density at radius 2 is 2.11 bits per heavy atom. The van der Waals surface area contributed by atoms with E-state index in [0.29, 0.717) is 11.6 Å². The lowest BCUT2D eigenvalue weighted by molar-refractivity contribution is 0.762. The molecule has 0 fully saturated rings. The molecule has 0 amide bonds. The Hall–Kier alpha value is -1.95. The number of aromatic nitrogens is 4. The van der Waals surface area contributed by atoms with Gasteiger partial charge in [-0.3, -0.25) is 0 Å². The van der Waals surface area contributed by atoms with Crippen LogP contribution in [0.5, 0.6) is 0 Å². The van der Waals surface area contributed by atoms with Gasteiger partial charge in [0, 0.05) is 17.8 Å². The van der Waals surface area contributed by atoms with Gasteiger partial charge in [-0.25, -0.2) is 20.8 Å². The first-order valence-corrected chi connectivity index (χ1v) is 6.05. The average molecular weight is 246 g/mol. The maximum atomic E-state index is 5.53. The Morgan fingerprint density at radius 1 is 1.33 bits per heavy atom. The van der Waals surface area contributed by atoms with Crippen LogP contribution >= 0.6 is 0 Å². The number of imidazole rings is 1. The quantitative estimate of drug-likeness (QED) is 0.631. The fourth-order valence-corrected chi connectivity index (χ4v) is 2.01. The Balaban J connectivity index is 2.56. The van der Waals surface area contributed by atoms with Crippen molar-refractivity contribution < 1.29 is 0 Å². The lowest BCUT2D eigenvalue weighted by Crippen LogP contribution is -2.14. The number of hydrogen-bond donors (Lipinski definition) is 2. The van der Waals surface area contributed by atoms with Crippen LogP contribution in [-0.4, -0.2) is 19.5 Å². The summed E-state index contributed by atoms with van der Waals surface area (Å²) >= 11 is 0. The monoisotopic (exact) mass is 246 g/mol. The summed E-state index contributed by atoms with van der Waals surface area (Å²) in [7, 11) is 0. The van der Waals surface area contributed by atoms with Gasteiger partial charge in [0.2, 0.25) is 0 Å². The molecule has 6 nitrogen and oxygen atoms in total. The molecule has 0 aromatic carbocycles. The summed E-state index contributed by atoms with van der Waals surface area (Å²) in [5.41, 5.74) is 5.54. The molecule has 0 aliphatic carbocycles. The number of hydrogen-bond acceptors (Lipinski definition) is 5. The van der Waals surface area contributed by atoms with Crippen LogP contribution < -0.4 is 11.3 Å². The number of nitrogens with zero attached hydrogens (tertiary/aromatic N) is 4. The summed E-state index contributed by atoms with van der Waals surface area (Å²) < 4.78 is 2.00. The number of nitrogen functional groups attached to an aromatic ring is 1. The topological polar surface area (TPSA) is 81.7 Å². The largest absolute Gasteiger partial charge is 0.328 e. The Labute approximate surface area is 106 Å². The second kappa shape index (κ2) is 5.14. The van der Waals surface area contributed by atoms with Gasteiger partial charge >= 0.3 is 0 Å². The molecule has 2 aromatic rings. The molecule has 2 heterocycles. The van der Waals surface area contributed by atoms with Gasteiger partial charge < -0.3 is 9.99 Å². The lowest BCUT2D eigenvalue weighted by Gasteiger charge is -2.11. The number of nitrogens with one attached hydrogen (secondary N) is 1. The SMILES string of the molecule is CCc1c(C)nc(-c2cncn2CC)nc1NN. The van der Waals surface area contributed by atoms with Crippen LogP contribution in [0.15, 0.2) is 12.5 Å². The van der Waals surface area contributed by atoms with Crippen LogP contribution in [0.2, 0.25) is 0 Å². The van der Waals surface area contributed by atoms with Gasteiger partial charge in [0.1, 0.15) is 11.5 Å². The van der Waals surface area contributed by atoms with Gasteiger partial charge in [-0.05, 0) is 20.3 Å². The molecule has 0 saturated heterocycles. The Bertz CT molecular complexity index is 545. The summed E-state index contributed by atoms with van der Waals surface area (Å²) in [6.45, 7) is 6.92. The predicted octanol–water partition coefficient (Wildman–Crippen LogP) is 1.52. The van der Waals surface area contributed by atoms with Gasteiger partial charge in [-0.15, -0.1) is 0 Å². The number of aryl methyl sites for hydroxylation is 2. The van der Waals surface area contributed by atoms with Crippen LogP contribution in [0.25, 0.3) is 11.5 Å². The molecule has 0 saturated carbocycles. The molecular weight excluding hydrogens is 228 g/mol. The van der Waals surface area contributed by atoms with Crippen molar-refractivity contribution in [1.82, 2.24) is 19.5 Å². The molecule has 0 atom stereocenters. The van der Waals surface area contributed by atoms with Gasteiger partial charge in [0.05, 0.1) is 12.5 Å². The molecule has 2 aromatic heterocycles. The van der Waals surface area contributed by atoms with Crippen molar-refractivity contribution in [1.29, 1.82) is 0 Å². The third kappa shape index (κ3) is 2.06. The summed E-state index contributed by atoms with van der Waals surface area (Å²) in [6.07, 6.45) is 4.39. The number of hydrazine groups is 1. The van der Waals surface area contributed by atoms with E-state index in [2.05, 4.69) is 34.2 Å². The highest BCUT2D eigenvalue weighted by Crippen LogP contribution is 2.21. The van der Waals surface area contributed by atoms with Crippen LogP contribution in [0.4, 0.5) is 5.82 Å². The molecule has 0 bridgehead atoms. The van der Waals surface area contributed by atoms with Gasteiger partial charge in [0.25, 0.3) is 0 Å². The molecule has 18 heavy (non-hydrogen) atoms. The number of rotatable bonds is 4. The Kier molecular flexibility index (Phi) is 3.57. The predicted molar refractivity (Wildman–Crippen MR) is 70.9 cm³/mol. The fourth-order valence-electron chi connectivity index (χ4n) is 2.01. The van der Waals surface area contributed by atoms with Crippen molar-refractivity contribution in [2.24, 2.45) is 5.84 Å². The van der Waals surface area contributed by atoms with E-state index in [4.69, 9.17) is 5.84 Å². The normalized spacial score (nSPS) is 10.7. The van der Waals surface area contributed by atoms with Crippen LogP contribution in [-0.2, 0) is 13.0 Å². The minimum Gasteiger partial charge on any atom is -0.328 e. The van der Waals surface area contributed by atoms with E-state index < -0.39 is 0 Å². The summed E-state index contributed by atoms with van der Waals surface area (Å²) in [6, 6.07) is 0. The molecule has 0 aliphatic rings. The highest BCUT2D eigenvalue weighted by Gasteiger charge is 2.13. The zero-order valence-corrected chi connectivity index (χ0v) is 10.9. The van der Waals surface area contributed by atoms with Crippen molar-refractivity contribution in [2.75, 3.05) is 5.43 Å². The summed E-state index contributed by atoms with van der Waals surface area (Å²) in [5.74, 6) is 6.86. The van der Waals surface area contributed by atoms with Crippen LogP contribution in [0.1, 0.15) is 25.1 Å². The molecule has 0 aliphatic heterocycles. The standard InChI is InChI=1S/C12H18N6/c1-4-9-8(3)15-12(16-11(9)17-13)10-6-14-7-18(10)5-2/h6-7H,4-5,13H2,1-3H3,(H,15,16,17). The van der Waals surface area contributed by atoms with Crippen molar-refractivity contribution in [3.63, 3.8) is 0 Å². The Morgan fingerprint density at radius 3 is 2.72 bits per heavy atom. The minimum absolute atomic E-state index is 0.650. The highest BCUT2D eigenvalue weighted by molar-refractivity contribution is 5.56. The molecule has 2 rings (SSSR count). The third-order valence-electron chi connectivity index (χ3n) is 2.99. The number of anilines is 1. The third-order valence-corrected chi connectivity index (χ3v) is 2.99. The molecule has 6 heteroatoms. The lowest BCUT2D eigenvalue weighted by atomic mass is 10.1. The number of nitrogens with two attached hydrogens (primary N) is 1. The first-order valence-electron chi connectivity index (χ1n) is 6.05. The zero-order chi connectivity index (χ0) is 13.1. The van der Waals surface area contributed by atoms with E-state index in [0.717, 1.165) is 29.9 Å². The zero-order valence-electron chi connectivity index (χ0n) is 10.9. The first-order chi connectivity index (χ1) is 8.71. The van der Waals surface area contributed by atoms with Crippen molar-refractivity contribution in [3.8, 4) is 11.5 Å². The second-order valence-electron chi connectivity index (χ2n) is 4.02. The molecule has 0 spiro atoms. The molecular formula is C12H18N6. The molecule has 96 valence electrons. The average Bonchev–Trinajstić information content (AvgIpc) is 2.85. The van der Waals surface area contributed by atoms with E-state index in [1.54, 1.807) is 12.5 Å². The summed E-state index contributed by atoms with van der Waals surface area (Å²) in [4.78, 5) is 13.1. The van der Waals surface area contributed by atoms with E-state index in [9.17, 15) is 0 Å². The van der Waals surface area contributed by atoms with Gasteiger partial charge in [0.15, 0.2) is 5.82 Å². The van der Waals surface area contributed by atoms with Gasteiger partial charge in [-0.1, -0.05) is 6.92 Å². The van der Waals surface area contributed by atoms with E-state index in [-0.39, 0.29) is 0 Å². The maximum Gasteiger partial charge on any atom is 0.180 e. The van der Waals surface area contributed by atoms with E-state index in [1.165, 1.54) is 0 Å². The highest BCUT2D eigenvalue weighted by atomic mass is 15.3. The minimum atomic E-state index is 0.650. The summed E-state index contributed by atoms with van der Waals surface area (Å²) in [5, 5.41) is 0. The van der Waals surface area contributed by atoms with Crippen molar-refractivity contribution >= 4 is 5.82 Å². The van der Waals surface area contributed by atoms with E-state index >= 15 is 0 Å². The second-order valence-corrected chi connectivity index (χ2v) is 4.02. The fraction of sp³-hybridized carbons (Fsp3) is 0.417. The van der Waals surface area contributed by atoms with Gasteiger partial charge in [-0.2, -0.15) is 0 Å². The van der Waals surface area contributed by atoms with Crippen LogP contribution in [0.3, 0.4) is 0 Å². The first kappa shape index (κ1) is 12.5. The molecule has 3 N–H and O–H groups in total. The maximum absolute atomic E-state index is 5.53. The van der Waals surface area contributed by atoms with Crippen molar-refractivity contribution in [2.45, 2.75) is 33.7 Å². The van der Waals surface area contributed by atoms with Crippen molar-refractivity contribution in [3.05, 3.63) is 23.8 Å². The van der Waals surface area contributed by atoms with E-state index in [1.807, 2.05) is 11.5 Å². The van der Waals surface area contributed by atoms with Crippen LogP contribution in [0, 0.1) is 6.92 Å².